The molecule has 2 saturated heterocycles. The van der Waals surface area contributed by atoms with Crippen molar-refractivity contribution in [1.29, 1.82) is 0 Å². The Morgan fingerprint density at radius 1 is 1.24 bits per heavy atom. The highest BCUT2D eigenvalue weighted by Crippen LogP contribution is 2.62. The van der Waals surface area contributed by atoms with Crippen molar-refractivity contribution >= 4 is 23.3 Å². The lowest BCUT2D eigenvalue weighted by Crippen LogP contribution is -2.36. The maximum absolute atomic E-state index is 13.4. The summed E-state index contributed by atoms with van der Waals surface area (Å²) in [7, 11) is 0. The zero-order chi connectivity index (χ0) is 28.4. The average Bonchev–Trinajstić information content (AvgIpc) is 3.26. The van der Waals surface area contributed by atoms with Crippen LogP contribution in [0.2, 0.25) is 0 Å². The summed E-state index contributed by atoms with van der Waals surface area (Å²) in [4.78, 5) is 32.7. The molecule has 8 rings (SSSR count). The van der Waals surface area contributed by atoms with Crippen LogP contribution in [-0.4, -0.2) is 67.3 Å². The van der Waals surface area contributed by atoms with Gasteiger partial charge in [-0.05, 0) is 68.5 Å². The van der Waals surface area contributed by atoms with Crippen molar-refractivity contribution in [1.82, 2.24) is 34.6 Å². The number of aromatic nitrogens is 5. The summed E-state index contributed by atoms with van der Waals surface area (Å²) in [6, 6.07) is 11.9. The maximum Gasteiger partial charge on any atom is 0.262 e. The molecule has 5 heterocycles. The topological polar surface area (TPSA) is 109 Å². The van der Waals surface area contributed by atoms with Gasteiger partial charge in [-0.1, -0.05) is 23.8 Å². The Kier molecular flexibility index (Phi) is 5.68. The second-order valence-corrected chi connectivity index (χ2v) is 12.1. The van der Waals surface area contributed by atoms with E-state index in [2.05, 4.69) is 44.7 Å². The standard InChI is InChI=1S/C32H32N8O2/c1-20-5-7-24(8-6-20)40-28(36-30(41)25-16-35-39-11-3-9-33-29(25)39)14-27(37-40)22-4-2-10-38(18-22)17-21-12-23-15-32(23)19-34-31(42)26(32)13-21/h3,5-9,11-14,16,22-23H,2,4,10,15,17-19H2,1H3,(H,34,42)(H,36,41). The lowest BCUT2D eigenvalue weighted by Gasteiger charge is -2.32. The fourth-order valence-corrected chi connectivity index (χ4v) is 6.96. The van der Waals surface area contributed by atoms with Gasteiger partial charge in [0.05, 0.1) is 17.6 Å². The Balaban J connectivity index is 1.05. The Labute approximate surface area is 243 Å². The number of hydrogen-bond donors (Lipinski definition) is 2. The molecule has 1 aromatic carbocycles. The summed E-state index contributed by atoms with van der Waals surface area (Å²) in [5.74, 6) is 1.16. The highest BCUT2D eigenvalue weighted by atomic mass is 16.2. The van der Waals surface area contributed by atoms with Gasteiger partial charge < -0.3 is 10.6 Å². The SMILES string of the molecule is Cc1ccc(-n2nc(C3CCCN(CC4=CC5CC56CNC(=O)C6=C4)C3)cc2NC(=O)c2cnn3cccnc23)cc1. The first kappa shape index (κ1) is 25.2. The Bertz CT molecular complexity index is 1800. The molecule has 0 radical (unpaired) electrons. The number of hydrogen-bond acceptors (Lipinski definition) is 6. The smallest absolute Gasteiger partial charge is 0.262 e. The molecule has 3 atom stereocenters. The molecule has 2 amide bonds. The first-order valence-corrected chi connectivity index (χ1v) is 14.7. The zero-order valence-corrected chi connectivity index (χ0v) is 23.5. The van der Waals surface area contributed by atoms with Crippen molar-refractivity contribution < 1.29 is 9.59 Å². The number of fused-ring (bicyclic) bond motifs is 1. The normalized spacial score (nSPS) is 24.9. The van der Waals surface area contributed by atoms with Gasteiger partial charge in [0, 0.05) is 55.0 Å². The highest BCUT2D eigenvalue weighted by Gasteiger charge is 2.61. The van der Waals surface area contributed by atoms with E-state index in [0.29, 0.717) is 22.9 Å². The predicted octanol–water partition coefficient (Wildman–Crippen LogP) is 3.66. The van der Waals surface area contributed by atoms with Crippen molar-refractivity contribution in [3.8, 4) is 5.69 Å². The molecule has 10 heteroatoms. The molecule has 10 nitrogen and oxygen atoms in total. The Morgan fingerprint density at radius 3 is 3.00 bits per heavy atom. The van der Waals surface area contributed by atoms with Gasteiger partial charge in [-0.25, -0.2) is 14.2 Å². The lowest BCUT2D eigenvalue weighted by molar-refractivity contribution is -0.116. The van der Waals surface area contributed by atoms with Crippen LogP contribution in [0.3, 0.4) is 0 Å². The number of carbonyl (C=O) groups is 2. The van der Waals surface area contributed by atoms with Crippen molar-refractivity contribution in [3.05, 3.63) is 95.1 Å². The number of allylic oxidation sites excluding steroid dienone is 1. The second-order valence-electron chi connectivity index (χ2n) is 12.1. The van der Waals surface area contributed by atoms with Gasteiger partial charge in [0.1, 0.15) is 11.4 Å². The van der Waals surface area contributed by atoms with Crippen molar-refractivity contribution in [2.45, 2.75) is 32.1 Å². The third kappa shape index (κ3) is 4.16. The van der Waals surface area contributed by atoms with Crippen LogP contribution >= 0.6 is 0 Å². The number of amides is 2. The van der Waals surface area contributed by atoms with Crippen molar-refractivity contribution in [3.63, 3.8) is 0 Å². The predicted molar refractivity (Wildman–Crippen MR) is 157 cm³/mol. The number of carbonyl (C=O) groups excluding carboxylic acids is 2. The Morgan fingerprint density at radius 2 is 2.12 bits per heavy atom. The fraction of sp³-hybridized carbons (Fsp3) is 0.344. The van der Waals surface area contributed by atoms with Gasteiger partial charge >= 0.3 is 0 Å². The molecule has 42 heavy (non-hydrogen) atoms. The third-order valence-electron chi connectivity index (χ3n) is 9.33. The van der Waals surface area contributed by atoms with E-state index in [0.717, 1.165) is 68.0 Å². The number of benzene rings is 1. The summed E-state index contributed by atoms with van der Waals surface area (Å²) in [5.41, 5.74) is 6.22. The second kappa shape index (κ2) is 9.49. The summed E-state index contributed by atoms with van der Waals surface area (Å²) < 4.78 is 3.42. The van der Waals surface area contributed by atoms with Crippen molar-refractivity contribution in [2.75, 3.05) is 31.5 Å². The van der Waals surface area contributed by atoms with E-state index in [1.807, 2.05) is 35.0 Å². The van der Waals surface area contributed by atoms with Gasteiger partial charge in [0.25, 0.3) is 5.91 Å². The van der Waals surface area contributed by atoms with Gasteiger partial charge in [0.15, 0.2) is 5.65 Å². The molecule has 4 aliphatic rings. The molecule has 4 aromatic rings. The average molecular weight is 561 g/mol. The zero-order valence-electron chi connectivity index (χ0n) is 23.5. The lowest BCUT2D eigenvalue weighted by atomic mass is 9.88. The van der Waals surface area contributed by atoms with Crippen LogP contribution in [-0.2, 0) is 4.79 Å². The first-order chi connectivity index (χ1) is 20.5. The van der Waals surface area contributed by atoms with Gasteiger partial charge in [-0.2, -0.15) is 10.2 Å². The summed E-state index contributed by atoms with van der Waals surface area (Å²) in [5, 5.41) is 15.4. The number of nitrogens with one attached hydrogen (secondary N) is 2. The number of nitrogens with zero attached hydrogens (tertiary/aromatic N) is 6. The Hall–Kier alpha value is -4.57. The number of rotatable bonds is 6. The molecule has 0 bridgehead atoms. The van der Waals surface area contributed by atoms with E-state index >= 15 is 0 Å². The molecule has 3 unspecified atom stereocenters. The molecule has 1 spiro atoms. The van der Waals surface area contributed by atoms with Crippen LogP contribution < -0.4 is 10.6 Å². The molecule has 3 fully saturated rings. The van der Waals surface area contributed by atoms with Gasteiger partial charge in [-0.15, -0.1) is 0 Å². The minimum Gasteiger partial charge on any atom is -0.351 e. The minimum absolute atomic E-state index is 0.0775. The summed E-state index contributed by atoms with van der Waals surface area (Å²) in [6.45, 7) is 5.57. The highest BCUT2D eigenvalue weighted by molar-refractivity contribution is 6.07. The maximum atomic E-state index is 13.4. The molecular weight excluding hydrogens is 528 g/mol. The fourth-order valence-electron chi connectivity index (χ4n) is 6.96. The molecule has 2 aliphatic carbocycles. The van der Waals surface area contributed by atoms with E-state index in [9.17, 15) is 9.59 Å². The number of anilines is 1. The van der Waals surface area contributed by atoms with Crippen LogP contribution in [0.1, 0.15) is 46.8 Å². The molecule has 212 valence electrons. The van der Waals surface area contributed by atoms with E-state index in [-0.39, 0.29) is 23.1 Å². The largest absolute Gasteiger partial charge is 0.351 e. The van der Waals surface area contributed by atoms with E-state index in [1.54, 1.807) is 29.2 Å². The quantitative estimate of drug-likeness (QED) is 0.373. The monoisotopic (exact) mass is 560 g/mol. The van der Waals surface area contributed by atoms with Gasteiger partial charge in [0.2, 0.25) is 5.91 Å². The first-order valence-electron chi connectivity index (χ1n) is 14.7. The van der Waals surface area contributed by atoms with Crippen LogP contribution in [0.25, 0.3) is 11.3 Å². The van der Waals surface area contributed by atoms with Crippen LogP contribution in [0.4, 0.5) is 5.82 Å². The van der Waals surface area contributed by atoms with Crippen molar-refractivity contribution in [2.24, 2.45) is 11.3 Å². The number of aryl methyl sites for hydroxylation is 1. The van der Waals surface area contributed by atoms with E-state index in [4.69, 9.17) is 5.10 Å². The minimum atomic E-state index is -0.279. The molecule has 2 aliphatic heterocycles. The van der Waals surface area contributed by atoms with Crippen LogP contribution in [0, 0.1) is 18.3 Å². The molecule has 3 aromatic heterocycles. The summed E-state index contributed by atoms with van der Waals surface area (Å²) >= 11 is 0. The van der Waals surface area contributed by atoms with Crippen LogP contribution in [0.5, 0.6) is 0 Å². The van der Waals surface area contributed by atoms with E-state index in [1.165, 1.54) is 5.57 Å². The third-order valence-corrected chi connectivity index (χ3v) is 9.33. The van der Waals surface area contributed by atoms with Crippen LogP contribution in [0.15, 0.2) is 78.3 Å². The number of likely N-dealkylation sites (tertiary alicyclic amines) is 1. The molecule has 2 N–H and O–H groups in total. The molecule has 1 saturated carbocycles. The summed E-state index contributed by atoms with van der Waals surface area (Å²) in [6.07, 6.45) is 12.7. The van der Waals surface area contributed by atoms with Gasteiger partial charge in [-0.3, -0.25) is 14.5 Å². The number of piperidine rings is 1. The van der Waals surface area contributed by atoms with E-state index < -0.39 is 0 Å². The molecular formula is C32H32N8O2.